The number of alkyl halides is 3. The Kier molecular flexibility index (Phi) is 5.53. The first-order valence-electron chi connectivity index (χ1n) is 9.83. The molecule has 0 aliphatic carbocycles. The highest BCUT2D eigenvalue weighted by molar-refractivity contribution is 7.14. The van der Waals surface area contributed by atoms with Crippen LogP contribution in [0, 0.1) is 6.92 Å². The summed E-state index contributed by atoms with van der Waals surface area (Å²) < 4.78 is 41.9. The molecule has 0 bridgehead atoms. The summed E-state index contributed by atoms with van der Waals surface area (Å²) in [7, 11) is 0. The van der Waals surface area contributed by atoms with Crippen LogP contribution in [0.15, 0.2) is 42.3 Å². The minimum absolute atomic E-state index is 0.247. The summed E-state index contributed by atoms with van der Waals surface area (Å²) in [4.78, 5) is 13.2. The van der Waals surface area contributed by atoms with Gasteiger partial charge in [-0.15, -0.1) is 11.3 Å². The zero-order valence-corrected chi connectivity index (χ0v) is 18.8. The quantitative estimate of drug-likeness (QED) is 0.425. The van der Waals surface area contributed by atoms with Gasteiger partial charge < -0.3 is 5.32 Å². The summed E-state index contributed by atoms with van der Waals surface area (Å²) in [5, 5.41) is 9.45. The van der Waals surface area contributed by atoms with Crippen LogP contribution in [-0.2, 0) is 12.0 Å². The molecule has 0 spiro atoms. The highest BCUT2D eigenvalue weighted by Gasteiger charge is 2.31. The van der Waals surface area contributed by atoms with Gasteiger partial charge >= 0.3 is 6.18 Å². The predicted octanol–water partition coefficient (Wildman–Crippen LogP) is 5.50. The second-order valence-electron chi connectivity index (χ2n) is 8.43. The Morgan fingerprint density at radius 3 is 2.50 bits per heavy atom. The Balaban J connectivity index is 1.56. The number of imidazole rings is 1. The van der Waals surface area contributed by atoms with Crippen molar-refractivity contribution < 1.29 is 13.2 Å². The standard InChI is InChI=1S/C21H22F3N7S/c1-13-9-30(12-26-13)17-6-5-14(8-25-17)15-10-32-19(27-15)28-18-7-16(20(2,3)4)29-31(18)11-21(22,23)24/h5-10,12H,11H2,1-4H3,(H,27,28). The Bertz CT molecular complexity index is 1210. The number of anilines is 2. The molecule has 4 aromatic rings. The summed E-state index contributed by atoms with van der Waals surface area (Å²) in [6, 6.07) is 5.38. The molecule has 4 aromatic heterocycles. The average Bonchev–Trinajstić information content (AvgIpc) is 3.42. The lowest BCUT2D eigenvalue weighted by Gasteiger charge is -2.14. The Morgan fingerprint density at radius 1 is 1.12 bits per heavy atom. The van der Waals surface area contributed by atoms with Crippen molar-refractivity contribution in [3.05, 3.63) is 53.7 Å². The fraction of sp³-hybridized carbons (Fsp3) is 0.333. The number of nitrogens with one attached hydrogen (secondary N) is 1. The minimum Gasteiger partial charge on any atom is -0.316 e. The van der Waals surface area contributed by atoms with Gasteiger partial charge in [-0.1, -0.05) is 20.8 Å². The van der Waals surface area contributed by atoms with Gasteiger partial charge in [0, 0.05) is 34.8 Å². The number of thiazole rings is 1. The molecule has 0 radical (unpaired) electrons. The molecule has 32 heavy (non-hydrogen) atoms. The lowest BCUT2D eigenvalue weighted by atomic mass is 9.92. The van der Waals surface area contributed by atoms with Crippen molar-refractivity contribution in [3.8, 4) is 17.1 Å². The van der Waals surface area contributed by atoms with Gasteiger partial charge in [-0.2, -0.15) is 18.3 Å². The fourth-order valence-electron chi connectivity index (χ4n) is 2.98. The summed E-state index contributed by atoms with van der Waals surface area (Å²) in [6.45, 7) is 6.43. The van der Waals surface area contributed by atoms with E-state index in [1.165, 1.54) is 11.3 Å². The number of halogens is 3. The van der Waals surface area contributed by atoms with Crippen molar-refractivity contribution in [2.24, 2.45) is 0 Å². The molecule has 7 nitrogen and oxygen atoms in total. The normalized spacial score (nSPS) is 12.3. The fourth-order valence-corrected chi connectivity index (χ4v) is 3.71. The number of aromatic nitrogens is 6. The van der Waals surface area contributed by atoms with Gasteiger partial charge in [0.1, 0.15) is 24.5 Å². The molecule has 11 heteroatoms. The van der Waals surface area contributed by atoms with E-state index in [-0.39, 0.29) is 11.2 Å². The summed E-state index contributed by atoms with van der Waals surface area (Å²) in [5.41, 5.74) is 2.55. The third-order valence-corrected chi connectivity index (χ3v) is 5.39. The number of hydrogen-bond acceptors (Lipinski definition) is 6. The summed E-state index contributed by atoms with van der Waals surface area (Å²) >= 11 is 1.30. The monoisotopic (exact) mass is 461 g/mol. The number of aryl methyl sites for hydroxylation is 1. The SMILES string of the molecule is Cc1cn(-c2ccc(-c3csc(Nc4cc(C(C)(C)C)nn4CC(F)(F)F)n3)cn2)cn1. The van der Waals surface area contributed by atoms with E-state index in [0.29, 0.717) is 16.5 Å². The lowest BCUT2D eigenvalue weighted by Crippen LogP contribution is -2.21. The summed E-state index contributed by atoms with van der Waals surface area (Å²) in [6.07, 6.45) is 0.892. The molecule has 0 unspecified atom stereocenters. The molecule has 4 heterocycles. The van der Waals surface area contributed by atoms with E-state index in [0.717, 1.165) is 21.8 Å². The first-order valence-corrected chi connectivity index (χ1v) is 10.7. The van der Waals surface area contributed by atoms with Crippen LogP contribution in [0.25, 0.3) is 17.1 Å². The minimum atomic E-state index is -4.38. The Morgan fingerprint density at radius 2 is 1.91 bits per heavy atom. The predicted molar refractivity (Wildman–Crippen MR) is 117 cm³/mol. The van der Waals surface area contributed by atoms with E-state index < -0.39 is 12.7 Å². The van der Waals surface area contributed by atoms with Crippen LogP contribution < -0.4 is 5.32 Å². The first-order chi connectivity index (χ1) is 15.0. The van der Waals surface area contributed by atoms with E-state index in [9.17, 15) is 13.2 Å². The van der Waals surface area contributed by atoms with E-state index in [1.54, 1.807) is 18.6 Å². The average molecular weight is 462 g/mol. The Labute approximate surface area is 187 Å². The topological polar surface area (TPSA) is 73.5 Å². The molecule has 0 aliphatic heterocycles. The molecular weight excluding hydrogens is 439 g/mol. The van der Waals surface area contributed by atoms with Crippen molar-refractivity contribution in [1.29, 1.82) is 0 Å². The second kappa shape index (κ2) is 8.05. The van der Waals surface area contributed by atoms with Crippen LogP contribution >= 0.6 is 11.3 Å². The largest absolute Gasteiger partial charge is 0.408 e. The molecule has 0 aliphatic rings. The van der Waals surface area contributed by atoms with Crippen molar-refractivity contribution in [2.45, 2.75) is 45.8 Å². The molecule has 168 valence electrons. The van der Waals surface area contributed by atoms with Crippen molar-refractivity contribution in [3.63, 3.8) is 0 Å². The van der Waals surface area contributed by atoms with E-state index in [1.807, 2.05) is 56.0 Å². The molecule has 1 N–H and O–H groups in total. The number of hydrogen-bond donors (Lipinski definition) is 1. The van der Waals surface area contributed by atoms with Crippen LogP contribution in [0.4, 0.5) is 24.1 Å². The highest BCUT2D eigenvalue weighted by Crippen LogP contribution is 2.31. The first kappa shape index (κ1) is 22.0. The van der Waals surface area contributed by atoms with Crippen molar-refractivity contribution in [2.75, 3.05) is 5.32 Å². The lowest BCUT2D eigenvalue weighted by molar-refractivity contribution is -0.142. The Hall–Kier alpha value is -3.21. The van der Waals surface area contributed by atoms with E-state index in [4.69, 9.17) is 0 Å². The third kappa shape index (κ3) is 4.98. The maximum atomic E-state index is 13.0. The molecule has 0 atom stereocenters. The van der Waals surface area contributed by atoms with Crippen LogP contribution in [0.1, 0.15) is 32.2 Å². The summed E-state index contributed by atoms with van der Waals surface area (Å²) in [5.74, 6) is 0.978. The number of rotatable bonds is 5. The zero-order valence-electron chi connectivity index (χ0n) is 18.0. The van der Waals surface area contributed by atoms with Crippen molar-refractivity contribution in [1.82, 2.24) is 29.3 Å². The van der Waals surface area contributed by atoms with E-state index in [2.05, 4.69) is 25.4 Å². The molecule has 0 saturated heterocycles. The van der Waals surface area contributed by atoms with Crippen LogP contribution in [0.5, 0.6) is 0 Å². The van der Waals surface area contributed by atoms with Crippen molar-refractivity contribution >= 4 is 22.3 Å². The third-order valence-electron chi connectivity index (χ3n) is 4.64. The molecular formula is C21H22F3N7S. The van der Waals surface area contributed by atoms with Crippen LogP contribution in [0.2, 0.25) is 0 Å². The molecule has 0 aromatic carbocycles. The number of nitrogens with zero attached hydrogens (tertiary/aromatic N) is 6. The van der Waals surface area contributed by atoms with Crippen LogP contribution in [-0.4, -0.2) is 35.5 Å². The number of pyridine rings is 1. The smallest absolute Gasteiger partial charge is 0.316 e. The van der Waals surface area contributed by atoms with Gasteiger partial charge in [0.2, 0.25) is 0 Å². The van der Waals surface area contributed by atoms with Gasteiger partial charge in [0.05, 0.1) is 17.1 Å². The molecule has 0 saturated carbocycles. The van der Waals surface area contributed by atoms with Gasteiger partial charge in [-0.25, -0.2) is 19.6 Å². The molecule has 0 amide bonds. The highest BCUT2D eigenvalue weighted by atomic mass is 32.1. The van der Waals surface area contributed by atoms with E-state index >= 15 is 0 Å². The molecule has 0 fully saturated rings. The van der Waals surface area contributed by atoms with Gasteiger partial charge in [-0.3, -0.25) is 4.57 Å². The zero-order chi connectivity index (χ0) is 23.1. The van der Waals surface area contributed by atoms with Gasteiger partial charge in [0.15, 0.2) is 5.13 Å². The second-order valence-corrected chi connectivity index (χ2v) is 9.29. The maximum Gasteiger partial charge on any atom is 0.408 e. The van der Waals surface area contributed by atoms with Gasteiger partial charge in [0.25, 0.3) is 0 Å². The van der Waals surface area contributed by atoms with Crippen LogP contribution in [0.3, 0.4) is 0 Å². The maximum absolute atomic E-state index is 13.0. The van der Waals surface area contributed by atoms with Gasteiger partial charge in [-0.05, 0) is 19.1 Å². The molecule has 4 rings (SSSR count).